The van der Waals surface area contributed by atoms with E-state index >= 15 is 0 Å². The number of rotatable bonds is 3. The van der Waals surface area contributed by atoms with Crippen molar-refractivity contribution in [2.75, 3.05) is 26.2 Å². The Morgan fingerprint density at radius 1 is 1.05 bits per heavy atom. The zero-order valence-corrected chi connectivity index (χ0v) is 13.7. The molecule has 4 N–H and O–H groups in total. The molecule has 3 aliphatic rings. The molecule has 2 aliphatic heterocycles. The molecule has 1 aliphatic carbocycles. The molecule has 2 atom stereocenters. The molecule has 0 aromatic rings. The van der Waals surface area contributed by atoms with Gasteiger partial charge in [-0.05, 0) is 58.5 Å². The van der Waals surface area contributed by atoms with Crippen LogP contribution < -0.4 is 16.4 Å². The Kier molecular flexibility index (Phi) is 5.20. The third kappa shape index (κ3) is 3.79. The van der Waals surface area contributed by atoms with E-state index < -0.39 is 0 Å². The summed E-state index contributed by atoms with van der Waals surface area (Å²) in [6.45, 7) is 7.36. The standard InChI is InChI=1S/C17H34N4/c1-17(8-10-19-11-9-17)21-12-6-14(7-13-21)20-16-5-3-2-4-15(16)18/h14-16,19-20H,2-13,18H2,1H3/t15-,16+/m0/s1. The molecule has 0 unspecified atom stereocenters. The molecule has 21 heavy (non-hydrogen) atoms. The van der Waals surface area contributed by atoms with Gasteiger partial charge in [0.2, 0.25) is 0 Å². The molecule has 3 rings (SSSR count). The SMILES string of the molecule is CC1(N2CCC(N[C@@H]3CCCC[C@@H]3N)CC2)CCNCC1. The van der Waals surface area contributed by atoms with E-state index in [2.05, 4.69) is 22.5 Å². The molecule has 1 saturated carbocycles. The summed E-state index contributed by atoms with van der Waals surface area (Å²) in [5.74, 6) is 0. The van der Waals surface area contributed by atoms with Crippen molar-refractivity contribution in [3.8, 4) is 0 Å². The summed E-state index contributed by atoms with van der Waals surface area (Å²) in [5.41, 5.74) is 6.72. The number of likely N-dealkylation sites (tertiary alicyclic amines) is 1. The molecule has 4 nitrogen and oxygen atoms in total. The lowest BCUT2D eigenvalue weighted by Gasteiger charge is -2.48. The Labute approximate surface area is 130 Å². The molecule has 0 aromatic heterocycles. The topological polar surface area (TPSA) is 53.3 Å². The van der Waals surface area contributed by atoms with Crippen molar-refractivity contribution in [2.45, 2.75) is 82.0 Å². The molecule has 2 saturated heterocycles. The van der Waals surface area contributed by atoms with Gasteiger partial charge in [0.25, 0.3) is 0 Å². The lowest BCUT2D eigenvalue weighted by atomic mass is 9.85. The minimum Gasteiger partial charge on any atom is -0.326 e. The van der Waals surface area contributed by atoms with Crippen molar-refractivity contribution in [3.05, 3.63) is 0 Å². The van der Waals surface area contributed by atoms with E-state index in [1.54, 1.807) is 0 Å². The second-order valence-corrected chi connectivity index (χ2v) is 7.73. The Morgan fingerprint density at radius 2 is 1.71 bits per heavy atom. The van der Waals surface area contributed by atoms with Crippen LogP contribution in [0.5, 0.6) is 0 Å². The van der Waals surface area contributed by atoms with E-state index in [0.717, 1.165) is 0 Å². The first-order chi connectivity index (χ1) is 10.2. The van der Waals surface area contributed by atoms with Gasteiger partial charge in [0.15, 0.2) is 0 Å². The van der Waals surface area contributed by atoms with E-state index in [1.807, 2.05) is 0 Å². The summed E-state index contributed by atoms with van der Waals surface area (Å²) in [6.07, 6.45) is 10.4. The Morgan fingerprint density at radius 3 is 2.38 bits per heavy atom. The molecular weight excluding hydrogens is 260 g/mol. The number of hydrogen-bond donors (Lipinski definition) is 3. The molecule has 0 aromatic carbocycles. The average molecular weight is 294 g/mol. The molecule has 2 heterocycles. The molecule has 0 radical (unpaired) electrons. The molecular formula is C17H34N4. The van der Waals surface area contributed by atoms with Crippen LogP contribution in [0.25, 0.3) is 0 Å². The summed E-state index contributed by atoms with van der Waals surface area (Å²) in [4.78, 5) is 2.76. The maximum absolute atomic E-state index is 6.28. The first-order valence-corrected chi connectivity index (χ1v) is 9.15. The number of nitrogens with two attached hydrogens (primary N) is 1. The largest absolute Gasteiger partial charge is 0.326 e. The lowest BCUT2D eigenvalue weighted by molar-refractivity contribution is 0.0427. The quantitative estimate of drug-likeness (QED) is 0.737. The molecule has 0 amide bonds. The summed E-state index contributed by atoms with van der Waals surface area (Å²) in [5, 5.41) is 7.37. The molecule has 122 valence electrons. The van der Waals surface area contributed by atoms with Crippen molar-refractivity contribution in [2.24, 2.45) is 5.73 Å². The van der Waals surface area contributed by atoms with E-state index in [0.29, 0.717) is 23.7 Å². The van der Waals surface area contributed by atoms with Crippen LogP contribution in [0.4, 0.5) is 0 Å². The van der Waals surface area contributed by atoms with Gasteiger partial charge in [0.05, 0.1) is 0 Å². The minimum atomic E-state index is 0.388. The number of nitrogens with zero attached hydrogens (tertiary/aromatic N) is 1. The summed E-state index contributed by atoms with van der Waals surface area (Å²) < 4.78 is 0. The van der Waals surface area contributed by atoms with E-state index in [1.165, 1.54) is 77.5 Å². The monoisotopic (exact) mass is 294 g/mol. The van der Waals surface area contributed by atoms with Crippen molar-refractivity contribution < 1.29 is 0 Å². The highest BCUT2D eigenvalue weighted by molar-refractivity contribution is 4.95. The van der Waals surface area contributed by atoms with Crippen molar-refractivity contribution in [3.63, 3.8) is 0 Å². The number of nitrogens with one attached hydrogen (secondary N) is 2. The van der Waals surface area contributed by atoms with Gasteiger partial charge in [0.1, 0.15) is 0 Å². The molecule has 0 bridgehead atoms. The van der Waals surface area contributed by atoms with Crippen LogP contribution in [0.3, 0.4) is 0 Å². The maximum Gasteiger partial charge on any atom is 0.0221 e. The fraction of sp³-hybridized carbons (Fsp3) is 1.00. The van der Waals surface area contributed by atoms with Crippen molar-refractivity contribution >= 4 is 0 Å². The van der Waals surface area contributed by atoms with Gasteiger partial charge < -0.3 is 16.4 Å². The minimum absolute atomic E-state index is 0.388. The van der Waals surface area contributed by atoms with Crippen LogP contribution in [-0.2, 0) is 0 Å². The third-order valence-corrected chi connectivity index (χ3v) is 6.21. The lowest BCUT2D eigenvalue weighted by Crippen LogP contribution is -2.58. The van der Waals surface area contributed by atoms with Gasteiger partial charge in [-0.25, -0.2) is 0 Å². The highest BCUT2D eigenvalue weighted by atomic mass is 15.2. The summed E-state index contributed by atoms with van der Waals surface area (Å²) in [6, 6.07) is 1.66. The predicted molar refractivity (Wildman–Crippen MR) is 88.5 cm³/mol. The van der Waals surface area contributed by atoms with E-state index in [-0.39, 0.29) is 0 Å². The van der Waals surface area contributed by atoms with Gasteiger partial charge >= 0.3 is 0 Å². The zero-order chi connectivity index (χ0) is 14.7. The third-order valence-electron chi connectivity index (χ3n) is 6.21. The van der Waals surface area contributed by atoms with Gasteiger partial charge in [0, 0.05) is 36.8 Å². The first kappa shape index (κ1) is 15.7. The Bertz CT molecular complexity index is 319. The normalized spacial score (nSPS) is 35.7. The molecule has 0 spiro atoms. The van der Waals surface area contributed by atoms with Crippen LogP contribution in [-0.4, -0.2) is 54.7 Å². The van der Waals surface area contributed by atoms with Gasteiger partial charge in [-0.1, -0.05) is 12.8 Å². The zero-order valence-electron chi connectivity index (χ0n) is 13.7. The van der Waals surface area contributed by atoms with Gasteiger partial charge in [-0.3, -0.25) is 4.90 Å². The Balaban J connectivity index is 1.46. The second kappa shape index (κ2) is 6.95. The van der Waals surface area contributed by atoms with Crippen LogP contribution >= 0.6 is 0 Å². The van der Waals surface area contributed by atoms with Crippen LogP contribution in [0.2, 0.25) is 0 Å². The van der Waals surface area contributed by atoms with E-state index in [4.69, 9.17) is 5.73 Å². The average Bonchev–Trinajstić information content (AvgIpc) is 2.51. The predicted octanol–water partition coefficient (Wildman–Crippen LogP) is 1.45. The highest BCUT2D eigenvalue weighted by Gasteiger charge is 2.36. The molecule has 4 heteroatoms. The first-order valence-electron chi connectivity index (χ1n) is 9.15. The van der Waals surface area contributed by atoms with Gasteiger partial charge in [-0.15, -0.1) is 0 Å². The highest BCUT2D eigenvalue weighted by Crippen LogP contribution is 2.29. The van der Waals surface area contributed by atoms with E-state index in [9.17, 15) is 0 Å². The van der Waals surface area contributed by atoms with Gasteiger partial charge in [-0.2, -0.15) is 0 Å². The van der Waals surface area contributed by atoms with Crippen LogP contribution in [0.1, 0.15) is 58.3 Å². The van der Waals surface area contributed by atoms with Crippen LogP contribution in [0.15, 0.2) is 0 Å². The van der Waals surface area contributed by atoms with Crippen LogP contribution in [0, 0.1) is 0 Å². The Hall–Kier alpha value is -0.160. The smallest absolute Gasteiger partial charge is 0.0221 e. The maximum atomic E-state index is 6.28. The summed E-state index contributed by atoms with van der Waals surface area (Å²) in [7, 11) is 0. The number of hydrogen-bond acceptors (Lipinski definition) is 4. The summed E-state index contributed by atoms with van der Waals surface area (Å²) >= 11 is 0. The molecule has 3 fully saturated rings. The van der Waals surface area contributed by atoms with Crippen molar-refractivity contribution in [1.82, 2.24) is 15.5 Å². The fourth-order valence-corrected chi connectivity index (χ4v) is 4.54. The number of piperidine rings is 2. The second-order valence-electron chi connectivity index (χ2n) is 7.73. The van der Waals surface area contributed by atoms with Crippen molar-refractivity contribution in [1.29, 1.82) is 0 Å². The fourth-order valence-electron chi connectivity index (χ4n) is 4.54.